The molecule has 0 amide bonds. The fourth-order valence-electron chi connectivity index (χ4n) is 1.12. The monoisotopic (exact) mass is 276 g/mol. The van der Waals surface area contributed by atoms with E-state index in [-0.39, 0.29) is 21.9 Å². The molecule has 1 atom stereocenters. The van der Waals surface area contributed by atoms with E-state index in [1.165, 1.54) is 18.2 Å². The van der Waals surface area contributed by atoms with Gasteiger partial charge in [0, 0.05) is 6.04 Å². The molecular formula is C11H17ClN2O2S. The summed E-state index contributed by atoms with van der Waals surface area (Å²) >= 11 is 5.80. The van der Waals surface area contributed by atoms with E-state index in [0.717, 1.165) is 0 Å². The first-order valence-electron chi connectivity index (χ1n) is 5.31. The summed E-state index contributed by atoms with van der Waals surface area (Å²) in [6.45, 7) is 5.72. The zero-order chi connectivity index (χ0) is 13.2. The molecule has 0 heterocycles. The lowest BCUT2D eigenvalue weighted by atomic mass is 10.1. The Bertz CT molecular complexity index is 500. The molecule has 0 aliphatic heterocycles. The van der Waals surface area contributed by atoms with Crippen LogP contribution in [0, 0.1) is 5.92 Å². The van der Waals surface area contributed by atoms with Gasteiger partial charge in [0.05, 0.1) is 15.6 Å². The molecular weight excluding hydrogens is 260 g/mol. The Kier molecular flexibility index (Phi) is 4.41. The molecule has 1 aromatic rings. The van der Waals surface area contributed by atoms with E-state index < -0.39 is 10.0 Å². The van der Waals surface area contributed by atoms with Crippen molar-refractivity contribution in [2.45, 2.75) is 31.7 Å². The molecule has 3 N–H and O–H groups in total. The third-order valence-electron chi connectivity index (χ3n) is 2.62. The van der Waals surface area contributed by atoms with Gasteiger partial charge in [0.1, 0.15) is 0 Å². The second-order valence-corrected chi connectivity index (χ2v) is 6.46. The normalized spacial score (nSPS) is 13.9. The van der Waals surface area contributed by atoms with Crippen molar-refractivity contribution in [3.63, 3.8) is 0 Å². The lowest BCUT2D eigenvalue weighted by molar-refractivity contribution is 0.476. The van der Waals surface area contributed by atoms with E-state index in [1.807, 2.05) is 20.8 Å². The zero-order valence-electron chi connectivity index (χ0n) is 10.1. The van der Waals surface area contributed by atoms with Crippen LogP contribution in [0.15, 0.2) is 23.1 Å². The van der Waals surface area contributed by atoms with Crippen molar-refractivity contribution in [2.75, 3.05) is 5.73 Å². The Labute approximate surface area is 107 Å². The standard InChI is InChI=1S/C11H17ClN2O2S/c1-7(2)8(3)14-17(15,16)9-4-5-11(13)10(12)6-9/h4-8,14H,13H2,1-3H3. The second kappa shape index (κ2) is 5.25. The maximum atomic E-state index is 12.0. The number of nitrogens with two attached hydrogens (primary N) is 1. The summed E-state index contributed by atoms with van der Waals surface area (Å²) in [7, 11) is -3.53. The number of rotatable bonds is 4. The number of halogens is 1. The summed E-state index contributed by atoms with van der Waals surface area (Å²) in [6, 6.07) is 4.14. The van der Waals surface area contributed by atoms with E-state index in [1.54, 1.807) is 0 Å². The average molecular weight is 277 g/mol. The number of sulfonamides is 1. The minimum atomic E-state index is -3.53. The van der Waals surface area contributed by atoms with Crippen molar-refractivity contribution >= 4 is 27.3 Å². The van der Waals surface area contributed by atoms with Crippen molar-refractivity contribution in [1.82, 2.24) is 4.72 Å². The lowest BCUT2D eigenvalue weighted by Gasteiger charge is -2.17. The smallest absolute Gasteiger partial charge is 0.240 e. The van der Waals surface area contributed by atoms with Crippen molar-refractivity contribution < 1.29 is 8.42 Å². The molecule has 96 valence electrons. The summed E-state index contributed by atoms with van der Waals surface area (Å²) in [5.41, 5.74) is 5.90. The van der Waals surface area contributed by atoms with Gasteiger partial charge in [0.25, 0.3) is 0 Å². The zero-order valence-corrected chi connectivity index (χ0v) is 11.6. The first-order valence-corrected chi connectivity index (χ1v) is 7.17. The highest BCUT2D eigenvalue weighted by Crippen LogP contribution is 2.22. The van der Waals surface area contributed by atoms with Crippen LogP contribution in [0.1, 0.15) is 20.8 Å². The van der Waals surface area contributed by atoms with Crippen molar-refractivity contribution in [3.8, 4) is 0 Å². The Hall–Kier alpha value is -0.780. The summed E-state index contributed by atoms with van der Waals surface area (Å²) in [4.78, 5) is 0.129. The first kappa shape index (κ1) is 14.3. The third-order valence-corrected chi connectivity index (χ3v) is 4.51. The molecule has 0 saturated carbocycles. The number of hydrogen-bond acceptors (Lipinski definition) is 3. The van der Waals surface area contributed by atoms with Crippen LogP contribution >= 0.6 is 11.6 Å². The van der Waals surface area contributed by atoms with Gasteiger partial charge in [-0.3, -0.25) is 0 Å². The minimum absolute atomic E-state index is 0.129. The molecule has 0 aliphatic rings. The predicted molar refractivity (Wildman–Crippen MR) is 70.5 cm³/mol. The Morgan fingerprint density at radius 3 is 2.35 bits per heavy atom. The number of nitrogens with one attached hydrogen (secondary N) is 1. The van der Waals surface area contributed by atoms with E-state index in [2.05, 4.69) is 4.72 Å². The maximum Gasteiger partial charge on any atom is 0.240 e. The second-order valence-electron chi connectivity index (χ2n) is 4.34. The molecule has 0 spiro atoms. The summed E-state index contributed by atoms with van der Waals surface area (Å²) in [5, 5.41) is 0.241. The van der Waals surface area contributed by atoms with Crippen LogP contribution in [0.25, 0.3) is 0 Å². The SMILES string of the molecule is CC(C)C(C)NS(=O)(=O)c1ccc(N)c(Cl)c1. The van der Waals surface area contributed by atoms with Crippen LogP contribution in [0.5, 0.6) is 0 Å². The molecule has 1 aromatic carbocycles. The van der Waals surface area contributed by atoms with Gasteiger partial charge in [-0.25, -0.2) is 13.1 Å². The van der Waals surface area contributed by atoms with Crippen molar-refractivity contribution in [3.05, 3.63) is 23.2 Å². The number of nitrogen functional groups attached to an aromatic ring is 1. The molecule has 0 fully saturated rings. The van der Waals surface area contributed by atoms with E-state index in [0.29, 0.717) is 5.69 Å². The molecule has 0 aromatic heterocycles. The summed E-state index contributed by atoms with van der Waals surface area (Å²) < 4.78 is 26.6. The van der Waals surface area contributed by atoms with E-state index >= 15 is 0 Å². The molecule has 1 rings (SSSR count). The van der Waals surface area contributed by atoms with Crippen molar-refractivity contribution in [2.24, 2.45) is 5.92 Å². The largest absolute Gasteiger partial charge is 0.398 e. The average Bonchev–Trinajstić information content (AvgIpc) is 2.21. The van der Waals surface area contributed by atoms with E-state index in [4.69, 9.17) is 17.3 Å². The molecule has 0 radical (unpaired) electrons. The molecule has 6 heteroatoms. The van der Waals surface area contributed by atoms with Gasteiger partial charge >= 0.3 is 0 Å². The van der Waals surface area contributed by atoms with Gasteiger partial charge in [0.2, 0.25) is 10.0 Å². The van der Waals surface area contributed by atoms with Crippen LogP contribution in [0.2, 0.25) is 5.02 Å². The van der Waals surface area contributed by atoms with Crippen molar-refractivity contribution in [1.29, 1.82) is 0 Å². The predicted octanol–water partition coefficient (Wildman–Crippen LogP) is 2.25. The Balaban J connectivity index is 3.01. The van der Waals surface area contributed by atoms with Gasteiger partial charge in [-0.2, -0.15) is 0 Å². The molecule has 0 saturated heterocycles. The third kappa shape index (κ3) is 3.59. The lowest BCUT2D eigenvalue weighted by Crippen LogP contribution is -2.36. The topological polar surface area (TPSA) is 72.2 Å². The fourth-order valence-corrected chi connectivity index (χ4v) is 2.79. The highest BCUT2D eigenvalue weighted by atomic mass is 35.5. The minimum Gasteiger partial charge on any atom is -0.398 e. The Morgan fingerprint density at radius 1 is 1.29 bits per heavy atom. The molecule has 0 aliphatic carbocycles. The maximum absolute atomic E-state index is 12.0. The molecule has 17 heavy (non-hydrogen) atoms. The van der Waals surface area contributed by atoms with Crippen LogP contribution in [0.3, 0.4) is 0 Å². The molecule has 4 nitrogen and oxygen atoms in total. The van der Waals surface area contributed by atoms with Gasteiger partial charge in [-0.15, -0.1) is 0 Å². The van der Waals surface area contributed by atoms with Crippen LogP contribution in [0.4, 0.5) is 5.69 Å². The van der Waals surface area contributed by atoms with Crippen LogP contribution in [-0.4, -0.2) is 14.5 Å². The highest BCUT2D eigenvalue weighted by molar-refractivity contribution is 7.89. The van der Waals surface area contributed by atoms with Crippen LogP contribution in [-0.2, 0) is 10.0 Å². The number of benzene rings is 1. The fraction of sp³-hybridized carbons (Fsp3) is 0.455. The quantitative estimate of drug-likeness (QED) is 0.829. The molecule has 0 bridgehead atoms. The number of anilines is 1. The van der Waals surface area contributed by atoms with Gasteiger partial charge in [-0.1, -0.05) is 25.4 Å². The summed E-state index contributed by atoms with van der Waals surface area (Å²) in [5.74, 6) is 0.217. The number of hydrogen-bond donors (Lipinski definition) is 2. The van der Waals surface area contributed by atoms with E-state index in [9.17, 15) is 8.42 Å². The molecule has 1 unspecified atom stereocenters. The van der Waals surface area contributed by atoms with Gasteiger partial charge in [-0.05, 0) is 31.0 Å². The Morgan fingerprint density at radius 2 is 1.88 bits per heavy atom. The van der Waals surface area contributed by atoms with Gasteiger partial charge in [0.15, 0.2) is 0 Å². The highest BCUT2D eigenvalue weighted by Gasteiger charge is 2.19. The van der Waals surface area contributed by atoms with Crippen LogP contribution < -0.4 is 10.5 Å². The first-order chi connectivity index (χ1) is 7.74. The van der Waals surface area contributed by atoms with Gasteiger partial charge < -0.3 is 5.73 Å². The summed E-state index contributed by atoms with van der Waals surface area (Å²) in [6.07, 6.45) is 0.